The van der Waals surface area contributed by atoms with Crippen LogP contribution in [-0.2, 0) is 26.0 Å². The van der Waals surface area contributed by atoms with Gasteiger partial charge in [-0.25, -0.2) is 8.42 Å². The van der Waals surface area contributed by atoms with E-state index >= 15 is 0 Å². The zero-order valence-electron chi connectivity index (χ0n) is 18.8. The average Bonchev–Trinajstić information content (AvgIpc) is 3.26. The van der Waals surface area contributed by atoms with Crippen molar-refractivity contribution >= 4 is 21.6 Å². The van der Waals surface area contributed by atoms with Crippen LogP contribution in [0.15, 0.2) is 53.6 Å². The van der Waals surface area contributed by atoms with Crippen molar-refractivity contribution < 1.29 is 17.9 Å². The number of hydrogen-bond acceptors (Lipinski definition) is 6. The maximum atomic E-state index is 12.7. The van der Waals surface area contributed by atoms with Crippen LogP contribution in [0.3, 0.4) is 0 Å². The molecule has 3 aromatic rings. The van der Waals surface area contributed by atoms with Gasteiger partial charge in [0.05, 0.1) is 24.2 Å². The largest absolute Gasteiger partial charge is 0.379 e. The highest BCUT2D eigenvalue weighted by atomic mass is 32.2. The van der Waals surface area contributed by atoms with Gasteiger partial charge in [0.2, 0.25) is 15.9 Å². The van der Waals surface area contributed by atoms with Gasteiger partial charge < -0.3 is 10.1 Å². The SMILES string of the molecule is CC(C)C(NC(=O)CCc1ccc(S(=O)(=O)N2CCOCC2)cc1)c1nnc2ccccn12. The topological polar surface area (TPSA) is 106 Å². The fourth-order valence-corrected chi connectivity index (χ4v) is 5.28. The Morgan fingerprint density at radius 1 is 1.09 bits per heavy atom. The third-order valence-corrected chi connectivity index (χ3v) is 7.69. The molecule has 1 aliphatic heterocycles. The zero-order valence-corrected chi connectivity index (χ0v) is 19.7. The summed E-state index contributed by atoms with van der Waals surface area (Å²) in [4.78, 5) is 13.0. The Morgan fingerprint density at radius 3 is 2.52 bits per heavy atom. The number of carbonyl (C=O) groups excluding carboxylic acids is 1. The summed E-state index contributed by atoms with van der Waals surface area (Å²) < 4.78 is 34.1. The summed E-state index contributed by atoms with van der Waals surface area (Å²) in [5.74, 6) is 0.740. The predicted molar refractivity (Wildman–Crippen MR) is 123 cm³/mol. The molecule has 1 fully saturated rings. The van der Waals surface area contributed by atoms with Crippen LogP contribution in [0.2, 0.25) is 0 Å². The molecule has 10 heteroatoms. The van der Waals surface area contributed by atoms with E-state index in [1.165, 1.54) is 4.31 Å². The summed E-state index contributed by atoms with van der Waals surface area (Å²) in [6.07, 6.45) is 2.68. The summed E-state index contributed by atoms with van der Waals surface area (Å²) in [6.45, 7) is 5.61. The van der Waals surface area contributed by atoms with Gasteiger partial charge in [-0.2, -0.15) is 4.31 Å². The summed E-state index contributed by atoms with van der Waals surface area (Å²) in [6, 6.07) is 12.2. The van der Waals surface area contributed by atoms with Gasteiger partial charge in [0.25, 0.3) is 0 Å². The molecule has 2 aromatic heterocycles. The monoisotopic (exact) mass is 471 g/mol. The van der Waals surface area contributed by atoms with Crippen molar-refractivity contribution in [2.45, 2.75) is 37.6 Å². The summed E-state index contributed by atoms with van der Waals surface area (Å²) in [7, 11) is -3.52. The normalized spacial score (nSPS) is 16.2. The van der Waals surface area contributed by atoms with E-state index in [2.05, 4.69) is 15.5 Å². The maximum absolute atomic E-state index is 12.7. The lowest BCUT2D eigenvalue weighted by Gasteiger charge is -2.26. The molecule has 1 N–H and O–H groups in total. The molecule has 1 amide bonds. The van der Waals surface area contributed by atoms with Gasteiger partial charge in [0.15, 0.2) is 11.5 Å². The number of aromatic nitrogens is 3. The molecule has 1 aromatic carbocycles. The number of fused-ring (bicyclic) bond motifs is 1. The molecule has 0 radical (unpaired) electrons. The molecule has 0 saturated carbocycles. The van der Waals surface area contributed by atoms with Gasteiger partial charge in [0.1, 0.15) is 0 Å². The Hall–Kier alpha value is -2.82. The van der Waals surface area contributed by atoms with E-state index < -0.39 is 10.0 Å². The van der Waals surface area contributed by atoms with Crippen molar-refractivity contribution in [3.63, 3.8) is 0 Å². The van der Waals surface area contributed by atoms with Gasteiger partial charge >= 0.3 is 0 Å². The van der Waals surface area contributed by atoms with Crippen LogP contribution in [0.4, 0.5) is 0 Å². The molecule has 4 rings (SSSR count). The highest BCUT2D eigenvalue weighted by molar-refractivity contribution is 7.89. The second-order valence-electron chi connectivity index (χ2n) is 8.44. The molecular formula is C23H29N5O4S. The van der Waals surface area contributed by atoms with Crippen molar-refractivity contribution in [2.75, 3.05) is 26.3 Å². The number of carbonyl (C=O) groups is 1. The zero-order chi connectivity index (χ0) is 23.4. The van der Waals surface area contributed by atoms with E-state index in [1.54, 1.807) is 24.3 Å². The molecular weight excluding hydrogens is 442 g/mol. The van der Waals surface area contributed by atoms with Crippen LogP contribution in [-0.4, -0.2) is 59.5 Å². The fraction of sp³-hybridized carbons (Fsp3) is 0.435. The van der Waals surface area contributed by atoms with E-state index in [1.807, 2.05) is 42.6 Å². The molecule has 1 aliphatic rings. The van der Waals surface area contributed by atoms with Crippen molar-refractivity contribution in [1.82, 2.24) is 24.2 Å². The summed E-state index contributed by atoms with van der Waals surface area (Å²) >= 11 is 0. The predicted octanol–water partition coefficient (Wildman–Crippen LogP) is 2.20. The van der Waals surface area contributed by atoms with Crippen LogP contribution < -0.4 is 5.32 Å². The Morgan fingerprint density at radius 2 is 1.82 bits per heavy atom. The standard InChI is InChI=1S/C23H29N5O4S/c1-17(2)22(23-26-25-20-5-3-4-12-28(20)23)24-21(29)11-8-18-6-9-19(10-7-18)33(30,31)27-13-15-32-16-14-27/h3-7,9-10,12,17,22H,8,11,13-16H2,1-2H3,(H,24,29). The first-order valence-corrected chi connectivity index (χ1v) is 12.6. The Balaban J connectivity index is 1.38. The van der Waals surface area contributed by atoms with Crippen molar-refractivity contribution in [1.29, 1.82) is 0 Å². The highest BCUT2D eigenvalue weighted by Crippen LogP contribution is 2.22. The number of pyridine rings is 1. The molecule has 33 heavy (non-hydrogen) atoms. The fourth-order valence-electron chi connectivity index (χ4n) is 3.87. The van der Waals surface area contributed by atoms with Gasteiger partial charge in [-0.1, -0.05) is 32.0 Å². The minimum absolute atomic E-state index is 0.0913. The number of amides is 1. The molecule has 3 heterocycles. The lowest BCUT2D eigenvalue weighted by Crippen LogP contribution is -2.40. The smallest absolute Gasteiger partial charge is 0.243 e. The van der Waals surface area contributed by atoms with Crippen LogP contribution >= 0.6 is 0 Å². The maximum Gasteiger partial charge on any atom is 0.243 e. The summed E-state index contributed by atoms with van der Waals surface area (Å²) in [5, 5.41) is 11.6. The second-order valence-corrected chi connectivity index (χ2v) is 10.4. The lowest BCUT2D eigenvalue weighted by molar-refractivity contribution is -0.122. The number of ether oxygens (including phenoxy) is 1. The number of hydrogen-bond donors (Lipinski definition) is 1. The molecule has 1 unspecified atom stereocenters. The number of morpholine rings is 1. The van der Waals surface area contributed by atoms with Crippen molar-refractivity contribution in [3.05, 3.63) is 60.0 Å². The molecule has 0 bridgehead atoms. The van der Waals surface area contributed by atoms with Crippen LogP contribution in [0.5, 0.6) is 0 Å². The van der Waals surface area contributed by atoms with E-state index in [0.29, 0.717) is 38.5 Å². The Kier molecular flexibility index (Phi) is 7.06. The Labute approximate surface area is 193 Å². The van der Waals surface area contributed by atoms with Gasteiger partial charge in [0, 0.05) is 25.7 Å². The first kappa shape index (κ1) is 23.3. The quantitative estimate of drug-likeness (QED) is 0.540. The third kappa shape index (κ3) is 5.23. The molecule has 0 aliphatic carbocycles. The number of benzene rings is 1. The molecule has 1 atom stereocenters. The molecule has 176 valence electrons. The van der Waals surface area contributed by atoms with E-state index in [-0.39, 0.29) is 29.2 Å². The first-order valence-electron chi connectivity index (χ1n) is 11.1. The van der Waals surface area contributed by atoms with Crippen molar-refractivity contribution in [2.24, 2.45) is 5.92 Å². The van der Waals surface area contributed by atoms with Crippen LogP contribution in [0, 0.1) is 5.92 Å². The Bertz CT molecular complexity index is 1200. The minimum atomic E-state index is -3.52. The number of sulfonamides is 1. The number of nitrogens with one attached hydrogen (secondary N) is 1. The lowest BCUT2D eigenvalue weighted by atomic mass is 10.0. The van der Waals surface area contributed by atoms with Crippen LogP contribution in [0.1, 0.15) is 37.7 Å². The summed E-state index contributed by atoms with van der Waals surface area (Å²) in [5.41, 5.74) is 1.64. The van der Waals surface area contributed by atoms with Gasteiger partial charge in [-0.05, 0) is 42.2 Å². The average molecular weight is 472 g/mol. The number of aryl methyl sites for hydroxylation is 1. The first-order chi connectivity index (χ1) is 15.9. The molecule has 9 nitrogen and oxygen atoms in total. The van der Waals surface area contributed by atoms with Gasteiger partial charge in [-0.15, -0.1) is 10.2 Å². The molecule has 1 saturated heterocycles. The minimum Gasteiger partial charge on any atom is -0.379 e. The van der Waals surface area contributed by atoms with Crippen LogP contribution in [0.25, 0.3) is 5.65 Å². The number of nitrogens with zero attached hydrogens (tertiary/aromatic N) is 4. The highest BCUT2D eigenvalue weighted by Gasteiger charge is 2.26. The molecule has 0 spiro atoms. The second kappa shape index (κ2) is 9.98. The number of rotatable bonds is 8. The van der Waals surface area contributed by atoms with E-state index in [0.717, 1.165) is 11.2 Å². The van der Waals surface area contributed by atoms with E-state index in [4.69, 9.17) is 4.74 Å². The van der Waals surface area contributed by atoms with E-state index in [9.17, 15) is 13.2 Å². The van der Waals surface area contributed by atoms with Gasteiger partial charge in [-0.3, -0.25) is 9.20 Å². The van der Waals surface area contributed by atoms with Crippen molar-refractivity contribution in [3.8, 4) is 0 Å². The third-order valence-electron chi connectivity index (χ3n) is 5.77.